The molecule has 0 aliphatic heterocycles. The fourth-order valence-corrected chi connectivity index (χ4v) is 20.0. The molecule has 6 heterocycles. The van der Waals surface area contributed by atoms with Crippen LogP contribution in [0.3, 0.4) is 0 Å². The quantitative estimate of drug-likeness (QED) is 0.00320. The summed E-state index contributed by atoms with van der Waals surface area (Å²) >= 11 is 28.6. The van der Waals surface area contributed by atoms with Gasteiger partial charge in [-0.25, -0.2) is 28.8 Å². The van der Waals surface area contributed by atoms with Crippen LogP contribution in [0.2, 0.25) is 26.2 Å². The molecule has 0 radical (unpaired) electrons. The Morgan fingerprint density at radius 3 is 1.12 bits per heavy atom. The summed E-state index contributed by atoms with van der Waals surface area (Å²) in [4.78, 5) is 170. The Hall–Kier alpha value is -11.8. The Morgan fingerprint density at radius 2 is 0.721 bits per heavy atom. The van der Waals surface area contributed by atoms with Gasteiger partial charge in [0, 0.05) is 56.7 Å². The van der Waals surface area contributed by atoms with Crippen LogP contribution in [0.25, 0.3) is 6.08 Å². The first-order chi connectivity index (χ1) is 70.0. The molecule has 0 amide bonds. The third-order valence-electron chi connectivity index (χ3n) is 18.6. The summed E-state index contributed by atoms with van der Waals surface area (Å²) in [5.74, 6) is -1.89. The highest BCUT2D eigenvalue weighted by molar-refractivity contribution is 7.72. The molecule has 7 rings (SSSR count). The van der Waals surface area contributed by atoms with E-state index in [1.54, 1.807) is 34.6 Å². The summed E-state index contributed by atoms with van der Waals surface area (Å²) in [7, 11) is -4.44. The van der Waals surface area contributed by atoms with Crippen LogP contribution in [0.15, 0.2) is 159 Å². The van der Waals surface area contributed by atoms with Crippen LogP contribution >= 0.6 is 73.3 Å². The minimum absolute atomic E-state index is 0.00345. The number of ether oxygens (including phenoxy) is 18. The van der Waals surface area contributed by atoms with Crippen LogP contribution in [0.1, 0.15) is 243 Å². The number of benzene rings is 1. The summed E-state index contributed by atoms with van der Waals surface area (Å²) in [5, 5.41) is 0. The van der Waals surface area contributed by atoms with Crippen molar-refractivity contribution in [3.63, 3.8) is 0 Å². The molecule has 6 aromatic heterocycles. The molecular formula is C96H140N12O31S6Si2. The summed E-state index contributed by atoms with van der Waals surface area (Å²) in [6.45, 7) is 44.6. The highest BCUT2D eigenvalue weighted by Gasteiger charge is 2.35. The van der Waals surface area contributed by atoms with Crippen LogP contribution in [0.4, 0.5) is 0 Å². The predicted molar refractivity (Wildman–Crippen MR) is 569 cm³/mol. The lowest BCUT2D eigenvalue weighted by molar-refractivity contribution is -0.179. The molecule has 0 bridgehead atoms. The molecule has 2 unspecified atom stereocenters. The lowest BCUT2D eigenvalue weighted by Gasteiger charge is -2.33. The third-order valence-corrected chi connectivity index (χ3v) is 26.1. The van der Waals surface area contributed by atoms with Gasteiger partial charge >= 0.3 is 35.8 Å². The monoisotopic (exact) mass is 2200 g/mol. The molecule has 0 saturated heterocycles. The van der Waals surface area contributed by atoms with Crippen LogP contribution in [-0.2, 0) is 96.0 Å². The highest BCUT2D eigenvalue weighted by atomic mass is 32.1. The molecule has 0 spiro atoms. The zero-order chi connectivity index (χ0) is 109. The van der Waals surface area contributed by atoms with Gasteiger partial charge in [-0.2, -0.15) is 0 Å². The second kappa shape index (κ2) is 77.6. The Bertz CT molecular complexity index is 5960. The van der Waals surface area contributed by atoms with Crippen molar-refractivity contribution in [1.29, 1.82) is 0 Å². The van der Waals surface area contributed by atoms with Gasteiger partial charge in [-0.15, -0.1) is 0 Å². The lowest BCUT2D eigenvalue weighted by atomic mass is 10.1. The first kappa shape index (κ1) is 131. The number of hydrogen-bond donors (Lipinski definition) is 12. The van der Waals surface area contributed by atoms with Crippen molar-refractivity contribution in [1.82, 2.24) is 59.8 Å². The molecule has 2 atom stereocenters. The molecule has 0 aliphatic rings. The maximum atomic E-state index is 12.3. The van der Waals surface area contributed by atoms with Crippen molar-refractivity contribution in [3.8, 4) is 0 Å². The lowest BCUT2D eigenvalue weighted by Crippen LogP contribution is -2.51. The van der Waals surface area contributed by atoms with E-state index in [0.717, 1.165) is 114 Å². The predicted octanol–water partition coefficient (Wildman–Crippen LogP) is 17.6. The van der Waals surface area contributed by atoms with Gasteiger partial charge in [0.05, 0.1) is 75.2 Å². The molecule has 0 aliphatic carbocycles. The van der Waals surface area contributed by atoms with Crippen molar-refractivity contribution in [2.45, 2.75) is 215 Å². The molecule has 147 heavy (non-hydrogen) atoms. The van der Waals surface area contributed by atoms with Gasteiger partial charge in [-0.05, 0) is 209 Å². The smallest absolute Gasteiger partial charge is 0.355 e. The van der Waals surface area contributed by atoms with Gasteiger partial charge < -0.3 is 119 Å². The van der Waals surface area contributed by atoms with Gasteiger partial charge in [-0.1, -0.05) is 135 Å². The van der Waals surface area contributed by atoms with Gasteiger partial charge in [0.25, 0.3) is 33.4 Å². The van der Waals surface area contributed by atoms with E-state index in [1.165, 1.54) is 62.9 Å². The molecule has 1 aromatic carbocycles. The van der Waals surface area contributed by atoms with E-state index in [9.17, 15) is 57.5 Å². The molecule has 0 fully saturated rings. The SMILES string of the molecule is C=C(C)OCOC(CCCCCCCCC)OC(=O)c1c[nH]c(=S)[nH]c1=O.C=C(C)OCOCCCCCCOC(=O)c1c[nH]c(=S)[nH]c1=O.C=C(C)OCOCCCCCCOC(=O)c1cc(=O)[nH]c(=S)[nH]1.C=C(C)OCOC[Si](C)(C)O[Si](C)(C)COC(=O)c1c[nH]c(=S)[nH]c1=O.C=COCOC(COCC)OC(=O)c1c[nH]c(=S)[nH]c1=O.C=Cc1ccc(COCCCCCCOC(=O)c2c[nH]c(=S)[nH]c2=O)cc1. The van der Waals surface area contributed by atoms with E-state index < -0.39 is 98.4 Å². The molecule has 0 saturated carbocycles. The molecule has 814 valence electrons. The Kier molecular flexibility index (Phi) is 69.3. The number of hydrogen-bond acceptors (Lipinski definition) is 37. The van der Waals surface area contributed by atoms with Crippen LogP contribution in [-0.4, -0.2) is 224 Å². The first-order valence-corrected chi connectivity index (χ1v) is 55.6. The zero-order valence-corrected chi connectivity index (χ0v) is 91.8. The molecule has 43 nitrogen and oxygen atoms in total. The van der Waals surface area contributed by atoms with Crippen molar-refractivity contribution in [2.24, 2.45) is 0 Å². The summed E-state index contributed by atoms with van der Waals surface area (Å²) in [6.07, 6.45) is 27.1. The van der Waals surface area contributed by atoms with Crippen LogP contribution in [0.5, 0.6) is 0 Å². The van der Waals surface area contributed by atoms with Crippen LogP contribution in [0, 0.1) is 28.6 Å². The average molecular weight is 2210 g/mol. The normalized spacial score (nSPS) is 11.1. The Balaban J connectivity index is 0.000000597. The number of unbranched alkanes of at least 4 members (excludes halogenated alkanes) is 15. The second-order valence-corrected chi connectivity index (χ2v) is 43.7. The minimum Gasteiger partial charge on any atom is -0.476 e. The Morgan fingerprint density at radius 1 is 0.367 bits per heavy atom. The Labute approximate surface area is 884 Å². The molecule has 51 heteroatoms. The number of carbonyl (C=O) groups is 6. The summed E-state index contributed by atoms with van der Waals surface area (Å²) < 4.78 is 101. The van der Waals surface area contributed by atoms with E-state index in [1.807, 2.05) is 56.5 Å². The van der Waals surface area contributed by atoms with Crippen molar-refractivity contribution in [2.75, 3.05) is 99.3 Å². The number of allylic oxidation sites excluding steroid dienone is 4. The molecule has 7 aromatic rings. The topological polar surface area (TPSA) is 570 Å². The third kappa shape index (κ3) is 64.2. The fraction of sp³-hybridized carbons (Fsp3) is 0.500. The van der Waals surface area contributed by atoms with E-state index in [2.05, 4.69) is 106 Å². The molecule has 12 N–H and O–H groups in total. The van der Waals surface area contributed by atoms with Crippen LogP contribution < -0.4 is 33.4 Å². The fourth-order valence-electron chi connectivity index (χ4n) is 11.5. The van der Waals surface area contributed by atoms with Crippen molar-refractivity contribution >= 4 is 132 Å². The first-order valence-electron chi connectivity index (χ1n) is 47.0. The average Bonchev–Trinajstić information content (AvgIpc) is 0.843. The van der Waals surface area contributed by atoms with Gasteiger partial charge in [-0.3, -0.25) is 58.7 Å². The standard InChI is InChI=1S/C20H24N2O4S.C19H30N2O5S.C15H26N2O6SSi2.2C15H22N2O5S.C12H16N2O6S/c1-2-15-7-9-16(10-8-15)14-25-11-5-3-4-6-12-26-19(24)17-13-21-20(27)22-18(17)23;1-4-5-6-7-8-9-10-11-16(25-13-24-14(2)3)26-18(23)15-12-20-19(27)21-17(15)22;1-11(2)21-8-20-9-25(3,4)23-26(5,6)10-22-14(19)12-7-16-15(24)17-13(12)18;1-11(2)22-10-20-7-5-3-4-6-8-21-14(19)12-9-16-15(23)17-13(12)18;1-11(2)22-10-20-7-5-3-4-6-8-21-14(19)12-9-13(18)17-15(23)16-12;1-3-17-6-9(19-7-18-4-2)20-11(16)8-5-13-12(21)14-10(8)15/h2,7-10,13H,1,3-6,11-12,14H2,(H2,21,22,23,27);12,16H,2,4-11,13H2,1,3H3,(H2,20,21,22,27);7H,1,8-10H2,2-6H3,(H2,16,17,18,24);2*9H,1,3-8,10H2,2H3,(H2,16,17,18,23);4-5,9H,2-3,6-7H2,1H3,(H2,13,14,15,21). The van der Waals surface area contributed by atoms with E-state index >= 15 is 0 Å². The maximum Gasteiger partial charge on any atom is 0.355 e. The van der Waals surface area contributed by atoms with E-state index in [4.69, 9.17) is 163 Å². The number of H-pyrrole nitrogens is 12. The van der Waals surface area contributed by atoms with E-state index in [0.29, 0.717) is 75.3 Å². The molecular weight excluding hydrogens is 2070 g/mol. The minimum atomic E-state index is -2.31. The number of aromatic amines is 12. The van der Waals surface area contributed by atoms with Crippen molar-refractivity contribution in [3.05, 3.63) is 265 Å². The summed E-state index contributed by atoms with van der Waals surface area (Å²) in [6, 6.07) is 9.24. The van der Waals surface area contributed by atoms with Gasteiger partial charge in [0.2, 0.25) is 20.9 Å². The number of esters is 6. The number of aromatic nitrogens is 12. The number of carbonyl (C=O) groups excluding carboxylic acids is 6. The largest absolute Gasteiger partial charge is 0.476 e. The van der Waals surface area contributed by atoms with Crippen molar-refractivity contribution < 1.29 is 118 Å². The number of rotatable bonds is 66. The zero-order valence-electron chi connectivity index (χ0n) is 84.9. The maximum absolute atomic E-state index is 12.3. The van der Waals surface area contributed by atoms with Gasteiger partial charge in [0.15, 0.2) is 70.9 Å². The van der Waals surface area contributed by atoms with Gasteiger partial charge in [0.1, 0.15) is 46.3 Å². The second-order valence-electron chi connectivity index (χ2n) is 32.8. The van der Waals surface area contributed by atoms with E-state index in [-0.39, 0.29) is 122 Å². The highest BCUT2D eigenvalue weighted by Crippen LogP contribution is 2.19. The summed E-state index contributed by atoms with van der Waals surface area (Å²) in [5.41, 5.74) is -1.71. The number of nitrogens with one attached hydrogen (secondary N) is 12.